The molecular weight excluding hydrogens is 250 g/mol. The van der Waals surface area contributed by atoms with Gasteiger partial charge in [-0.1, -0.05) is 11.6 Å². The first kappa shape index (κ1) is 11.7. The highest BCUT2D eigenvalue weighted by Gasteiger charge is 2.38. The quantitative estimate of drug-likeness (QED) is 0.800. The van der Waals surface area contributed by atoms with Gasteiger partial charge in [-0.25, -0.2) is 8.42 Å². The second-order valence-corrected chi connectivity index (χ2v) is 6.41. The highest BCUT2D eigenvalue weighted by atomic mass is 35.5. The highest BCUT2D eigenvalue weighted by molar-refractivity contribution is 7.92. The molecule has 4 nitrogen and oxygen atoms in total. The number of hydrogen-bond acceptors (Lipinski definition) is 4. The zero-order valence-corrected chi connectivity index (χ0v) is 10.2. The van der Waals surface area contributed by atoms with Gasteiger partial charge < -0.3 is 10.4 Å². The van der Waals surface area contributed by atoms with E-state index in [1.54, 1.807) is 13.0 Å². The van der Waals surface area contributed by atoms with Gasteiger partial charge in [0, 0.05) is 11.1 Å². The molecule has 0 spiro atoms. The van der Waals surface area contributed by atoms with Crippen molar-refractivity contribution in [3.8, 4) is 0 Å². The van der Waals surface area contributed by atoms with E-state index >= 15 is 0 Å². The molecule has 0 fully saturated rings. The minimum atomic E-state index is -3.47. The van der Waals surface area contributed by atoms with Gasteiger partial charge >= 0.3 is 0 Å². The summed E-state index contributed by atoms with van der Waals surface area (Å²) in [4.78, 5) is 0.203. The number of fused-ring (bicyclic) bond motifs is 1. The largest absolute Gasteiger partial charge is 0.395 e. The molecule has 1 heterocycles. The first-order chi connectivity index (χ1) is 7.46. The van der Waals surface area contributed by atoms with Crippen LogP contribution >= 0.6 is 11.6 Å². The molecule has 0 saturated heterocycles. The van der Waals surface area contributed by atoms with Crippen molar-refractivity contribution >= 4 is 27.1 Å². The summed E-state index contributed by atoms with van der Waals surface area (Å²) in [5.74, 6) is 0. The van der Waals surface area contributed by atoms with Crippen LogP contribution in [-0.4, -0.2) is 31.4 Å². The molecule has 2 atom stereocenters. The van der Waals surface area contributed by atoms with Crippen LogP contribution in [0.25, 0.3) is 0 Å². The van der Waals surface area contributed by atoms with Crippen LogP contribution in [0, 0.1) is 0 Å². The molecule has 88 valence electrons. The van der Waals surface area contributed by atoms with E-state index in [-0.39, 0.29) is 10.9 Å². The van der Waals surface area contributed by atoms with E-state index in [1.165, 1.54) is 12.1 Å². The summed E-state index contributed by atoms with van der Waals surface area (Å²) in [6.07, 6.45) is 0. The van der Waals surface area contributed by atoms with E-state index in [0.29, 0.717) is 10.7 Å². The monoisotopic (exact) mass is 261 g/mol. The molecule has 6 heteroatoms. The third-order valence-electron chi connectivity index (χ3n) is 2.77. The summed E-state index contributed by atoms with van der Waals surface area (Å²) < 4.78 is 24.2. The molecule has 0 amide bonds. The molecule has 1 aromatic carbocycles. The lowest BCUT2D eigenvalue weighted by Crippen LogP contribution is -2.44. The average Bonchev–Trinajstić information content (AvgIpc) is 2.16. The number of hydrogen-bond donors (Lipinski definition) is 2. The standard InChI is InChI=1S/C10H12ClNO3S/c1-6-10(5-13)16(14,15)9-3-2-7(11)4-8(9)12-6/h2-4,6,10,12-13H,5H2,1H3. The molecule has 1 aliphatic heterocycles. The Balaban J connectivity index is 2.62. The van der Waals surface area contributed by atoms with E-state index in [0.717, 1.165) is 0 Å². The maximum Gasteiger partial charge on any atom is 0.187 e. The summed E-state index contributed by atoms with van der Waals surface area (Å²) in [7, 11) is -3.47. The molecule has 0 radical (unpaired) electrons. The smallest absolute Gasteiger partial charge is 0.187 e. The number of aliphatic hydroxyl groups excluding tert-OH is 1. The van der Waals surface area contributed by atoms with Gasteiger partial charge in [0.1, 0.15) is 5.25 Å². The van der Waals surface area contributed by atoms with Crippen LogP contribution in [0.2, 0.25) is 5.02 Å². The number of anilines is 1. The Morgan fingerprint density at radius 2 is 2.19 bits per heavy atom. The summed E-state index contributed by atoms with van der Waals surface area (Å²) in [6, 6.07) is 4.25. The second-order valence-electron chi connectivity index (χ2n) is 3.84. The van der Waals surface area contributed by atoms with Crippen molar-refractivity contribution in [3.63, 3.8) is 0 Å². The predicted molar refractivity (Wildman–Crippen MR) is 62.6 cm³/mol. The molecule has 0 bridgehead atoms. The minimum Gasteiger partial charge on any atom is -0.395 e. The summed E-state index contributed by atoms with van der Waals surface area (Å²) in [5, 5.41) is 11.8. The number of benzene rings is 1. The first-order valence-corrected chi connectivity index (χ1v) is 6.80. The van der Waals surface area contributed by atoms with Gasteiger partial charge in [0.2, 0.25) is 0 Å². The molecule has 0 aliphatic carbocycles. The molecule has 0 saturated carbocycles. The summed E-state index contributed by atoms with van der Waals surface area (Å²) in [6.45, 7) is 1.33. The molecule has 0 aromatic heterocycles. The molecule has 2 N–H and O–H groups in total. The lowest BCUT2D eigenvalue weighted by Gasteiger charge is -2.31. The van der Waals surface area contributed by atoms with Crippen molar-refractivity contribution in [3.05, 3.63) is 23.2 Å². The SMILES string of the molecule is CC1Nc2cc(Cl)ccc2S(=O)(=O)C1CO. The fourth-order valence-corrected chi connectivity index (χ4v) is 3.87. The van der Waals surface area contributed by atoms with Crippen LogP contribution < -0.4 is 5.32 Å². The Labute approximate surface area is 99.2 Å². The molecule has 1 aliphatic rings. The molecule has 2 unspecified atom stereocenters. The topological polar surface area (TPSA) is 66.4 Å². The van der Waals surface area contributed by atoms with E-state index in [1.807, 2.05) is 0 Å². The molecule has 1 aromatic rings. The zero-order chi connectivity index (χ0) is 11.9. The van der Waals surface area contributed by atoms with E-state index in [4.69, 9.17) is 16.7 Å². The van der Waals surface area contributed by atoms with Crippen molar-refractivity contribution in [1.82, 2.24) is 0 Å². The fourth-order valence-electron chi connectivity index (χ4n) is 1.89. The Morgan fingerprint density at radius 3 is 2.81 bits per heavy atom. The number of rotatable bonds is 1. The van der Waals surface area contributed by atoms with E-state index in [9.17, 15) is 8.42 Å². The molecule has 2 rings (SSSR count). The predicted octanol–water partition coefficient (Wildman–Crippen LogP) is 1.29. The van der Waals surface area contributed by atoms with Crippen LogP contribution in [0.1, 0.15) is 6.92 Å². The summed E-state index contributed by atoms with van der Waals surface area (Å²) in [5.41, 5.74) is 0.504. The number of sulfone groups is 1. The van der Waals surface area contributed by atoms with Gasteiger partial charge in [0.05, 0.1) is 17.2 Å². The van der Waals surface area contributed by atoms with Gasteiger partial charge in [-0.2, -0.15) is 0 Å². The van der Waals surface area contributed by atoms with Gasteiger partial charge in [-0.05, 0) is 25.1 Å². The minimum absolute atomic E-state index is 0.203. The Hall–Kier alpha value is -0.780. The van der Waals surface area contributed by atoms with Gasteiger partial charge in [0.25, 0.3) is 0 Å². The third kappa shape index (κ3) is 1.69. The Bertz CT molecular complexity index is 515. The van der Waals surface area contributed by atoms with E-state index < -0.39 is 21.7 Å². The lowest BCUT2D eigenvalue weighted by molar-refractivity contribution is 0.282. The average molecular weight is 262 g/mol. The number of halogens is 1. The normalized spacial score (nSPS) is 26.9. The van der Waals surface area contributed by atoms with Crippen LogP contribution in [-0.2, 0) is 9.84 Å². The lowest BCUT2D eigenvalue weighted by atomic mass is 10.2. The first-order valence-electron chi connectivity index (χ1n) is 4.87. The van der Waals surface area contributed by atoms with Gasteiger partial charge in [-0.3, -0.25) is 0 Å². The maximum absolute atomic E-state index is 12.1. The summed E-state index contributed by atoms with van der Waals surface area (Å²) >= 11 is 5.80. The van der Waals surface area contributed by atoms with Crippen molar-refractivity contribution in [2.75, 3.05) is 11.9 Å². The maximum atomic E-state index is 12.1. The molecular formula is C10H12ClNO3S. The fraction of sp³-hybridized carbons (Fsp3) is 0.400. The van der Waals surface area contributed by atoms with Crippen molar-refractivity contribution in [2.45, 2.75) is 23.1 Å². The van der Waals surface area contributed by atoms with Crippen molar-refractivity contribution < 1.29 is 13.5 Å². The highest BCUT2D eigenvalue weighted by Crippen LogP contribution is 2.34. The second kappa shape index (κ2) is 3.91. The van der Waals surface area contributed by atoms with Crippen LogP contribution in [0.4, 0.5) is 5.69 Å². The van der Waals surface area contributed by atoms with Gasteiger partial charge in [0.15, 0.2) is 9.84 Å². The Morgan fingerprint density at radius 1 is 1.50 bits per heavy atom. The number of aliphatic hydroxyl groups is 1. The van der Waals surface area contributed by atoms with E-state index in [2.05, 4.69) is 5.32 Å². The van der Waals surface area contributed by atoms with Crippen LogP contribution in [0.15, 0.2) is 23.1 Å². The Kier molecular flexibility index (Phi) is 2.86. The van der Waals surface area contributed by atoms with Crippen molar-refractivity contribution in [1.29, 1.82) is 0 Å². The van der Waals surface area contributed by atoms with Crippen LogP contribution in [0.3, 0.4) is 0 Å². The van der Waals surface area contributed by atoms with Crippen molar-refractivity contribution in [2.24, 2.45) is 0 Å². The van der Waals surface area contributed by atoms with Gasteiger partial charge in [-0.15, -0.1) is 0 Å². The zero-order valence-electron chi connectivity index (χ0n) is 8.64. The number of nitrogens with one attached hydrogen (secondary N) is 1. The van der Waals surface area contributed by atoms with Crippen LogP contribution in [0.5, 0.6) is 0 Å². The molecule has 16 heavy (non-hydrogen) atoms. The third-order valence-corrected chi connectivity index (χ3v) is 5.33.